The Morgan fingerprint density at radius 1 is 0.889 bits per heavy atom. The predicted octanol–water partition coefficient (Wildman–Crippen LogP) is 5.37. The van der Waals surface area contributed by atoms with Crippen molar-refractivity contribution in [1.29, 1.82) is 0 Å². The van der Waals surface area contributed by atoms with Crippen LogP contribution >= 0.6 is 15.9 Å². The van der Waals surface area contributed by atoms with Gasteiger partial charge in [-0.3, -0.25) is 0 Å². The fourth-order valence-electron chi connectivity index (χ4n) is 2.78. The van der Waals surface area contributed by atoms with Crippen LogP contribution in [0.3, 0.4) is 0 Å². The Labute approximate surface area is 120 Å². The van der Waals surface area contributed by atoms with E-state index in [9.17, 15) is 0 Å². The Morgan fingerprint density at radius 3 is 2.11 bits per heavy atom. The summed E-state index contributed by atoms with van der Waals surface area (Å²) in [6.45, 7) is 2.21. The van der Waals surface area contributed by atoms with Crippen molar-refractivity contribution in [2.75, 3.05) is 0 Å². The smallest absolute Gasteiger partial charge is 0.109 e. The van der Waals surface area contributed by atoms with Gasteiger partial charge in [0.05, 0.1) is 0 Å². The van der Waals surface area contributed by atoms with Crippen molar-refractivity contribution in [3.8, 4) is 0 Å². The zero-order valence-electron chi connectivity index (χ0n) is 11.5. The third-order valence-electron chi connectivity index (χ3n) is 3.95. The van der Waals surface area contributed by atoms with E-state index in [2.05, 4.69) is 28.9 Å². The van der Waals surface area contributed by atoms with Gasteiger partial charge in [-0.2, -0.15) is 0 Å². The molecule has 2 heterocycles. The fraction of sp³-hybridized carbons (Fsp3) is 0.688. The molecule has 1 aliphatic carbocycles. The normalized spacial score (nSPS) is 18.6. The Kier molecular flexibility index (Phi) is 5.68. The molecule has 0 unspecified atom stereocenters. The van der Waals surface area contributed by atoms with Crippen molar-refractivity contribution in [2.24, 2.45) is 0 Å². The lowest BCUT2D eigenvalue weighted by Gasteiger charge is -2.11. The van der Waals surface area contributed by atoms with Gasteiger partial charge < -0.3 is 0 Å². The number of nitrogens with zero attached hydrogens (tertiary/aromatic N) is 1. The maximum absolute atomic E-state index is 4.76. The molecule has 3 rings (SSSR count). The molecule has 18 heavy (non-hydrogen) atoms. The fourth-order valence-corrected chi connectivity index (χ4v) is 3.31. The van der Waals surface area contributed by atoms with Crippen LogP contribution in [0, 0.1) is 6.92 Å². The molecule has 0 saturated carbocycles. The van der Waals surface area contributed by atoms with E-state index >= 15 is 0 Å². The summed E-state index contributed by atoms with van der Waals surface area (Å²) >= 11 is 3.65. The highest BCUT2D eigenvalue weighted by molar-refractivity contribution is 9.10. The van der Waals surface area contributed by atoms with Crippen LogP contribution in [0.5, 0.6) is 0 Å². The maximum atomic E-state index is 4.76. The third-order valence-corrected chi connectivity index (χ3v) is 4.64. The van der Waals surface area contributed by atoms with Gasteiger partial charge in [0, 0.05) is 5.69 Å². The van der Waals surface area contributed by atoms with Gasteiger partial charge in [0.15, 0.2) is 0 Å². The molecule has 0 radical (unpaired) electrons. The monoisotopic (exact) mass is 309 g/mol. The quantitative estimate of drug-likeness (QED) is 0.587. The van der Waals surface area contributed by atoms with Gasteiger partial charge in [-0.15, -0.1) is 0 Å². The molecule has 0 spiro atoms. The molecule has 1 aliphatic heterocycles. The van der Waals surface area contributed by atoms with Gasteiger partial charge in [-0.1, -0.05) is 44.6 Å². The topological polar surface area (TPSA) is 12.9 Å². The number of aryl methyl sites for hydroxylation is 3. The average Bonchev–Trinajstić information content (AvgIpc) is 2.36. The molecule has 1 aromatic rings. The van der Waals surface area contributed by atoms with Crippen molar-refractivity contribution in [1.82, 2.24) is 4.98 Å². The second-order valence-corrected chi connectivity index (χ2v) is 6.28. The first-order valence-corrected chi connectivity index (χ1v) is 8.21. The van der Waals surface area contributed by atoms with Crippen LogP contribution < -0.4 is 0 Å². The SMILES string of the molecule is Cc1cc2c(Br)nc1CCCCCCCCCC2. The Balaban J connectivity index is 2.12. The minimum Gasteiger partial charge on any atom is -0.245 e. The number of hydrogen-bond donors (Lipinski definition) is 0. The van der Waals surface area contributed by atoms with Gasteiger partial charge in [0.25, 0.3) is 0 Å². The van der Waals surface area contributed by atoms with Crippen molar-refractivity contribution < 1.29 is 0 Å². The first-order chi connectivity index (χ1) is 8.77. The van der Waals surface area contributed by atoms with Crippen LogP contribution in [0.15, 0.2) is 10.7 Å². The summed E-state index contributed by atoms with van der Waals surface area (Å²) in [7, 11) is 0. The highest BCUT2D eigenvalue weighted by atomic mass is 79.9. The molecule has 0 fully saturated rings. The molecule has 1 aromatic heterocycles. The minimum atomic E-state index is 1.08. The Bertz CT molecular complexity index is 349. The number of halogens is 1. The lowest BCUT2D eigenvalue weighted by atomic mass is 10.00. The molecule has 2 aliphatic rings. The van der Waals surface area contributed by atoms with Gasteiger partial charge in [0.2, 0.25) is 0 Å². The highest BCUT2D eigenvalue weighted by Gasteiger charge is 2.08. The summed E-state index contributed by atoms with van der Waals surface area (Å²) in [5.41, 5.74) is 4.07. The summed E-state index contributed by atoms with van der Waals surface area (Å²) in [6, 6.07) is 2.35. The summed E-state index contributed by atoms with van der Waals surface area (Å²) in [6.07, 6.45) is 13.3. The van der Waals surface area contributed by atoms with Crippen LogP contribution in [0.25, 0.3) is 0 Å². The molecule has 100 valence electrons. The largest absolute Gasteiger partial charge is 0.245 e. The van der Waals surface area contributed by atoms with E-state index in [1.165, 1.54) is 74.6 Å². The van der Waals surface area contributed by atoms with E-state index < -0.39 is 0 Å². The zero-order chi connectivity index (χ0) is 12.8. The summed E-state index contributed by atoms with van der Waals surface area (Å²) in [5.74, 6) is 0. The molecule has 2 bridgehead atoms. The van der Waals surface area contributed by atoms with E-state index in [1.807, 2.05) is 0 Å². The first kappa shape index (κ1) is 14.0. The Morgan fingerprint density at radius 2 is 1.44 bits per heavy atom. The van der Waals surface area contributed by atoms with E-state index in [-0.39, 0.29) is 0 Å². The van der Waals surface area contributed by atoms with E-state index in [1.54, 1.807) is 0 Å². The average molecular weight is 310 g/mol. The number of aromatic nitrogens is 1. The summed E-state index contributed by atoms with van der Waals surface area (Å²) in [5, 5.41) is 0. The summed E-state index contributed by atoms with van der Waals surface area (Å²) in [4.78, 5) is 4.76. The van der Waals surface area contributed by atoms with Crippen molar-refractivity contribution in [3.63, 3.8) is 0 Å². The third kappa shape index (κ3) is 4.08. The molecule has 0 aromatic carbocycles. The molecule has 1 nitrogen and oxygen atoms in total. The molecular formula is C16H24BrN. The molecule has 0 N–H and O–H groups in total. The van der Waals surface area contributed by atoms with Crippen molar-refractivity contribution in [3.05, 3.63) is 27.5 Å². The minimum absolute atomic E-state index is 1.08. The Hall–Kier alpha value is -0.370. The lowest BCUT2D eigenvalue weighted by molar-refractivity contribution is 0.562. The molecular weight excluding hydrogens is 286 g/mol. The molecule has 0 amide bonds. The van der Waals surface area contributed by atoms with E-state index in [0.29, 0.717) is 0 Å². The maximum Gasteiger partial charge on any atom is 0.109 e. The van der Waals surface area contributed by atoms with Crippen LogP contribution in [-0.2, 0) is 12.8 Å². The second kappa shape index (κ2) is 7.28. The predicted molar refractivity (Wildman–Crippen MR) is 81.0 cm³/mol. The van der Waals surface area contributed by atoms with Crippen molar-refractivity contribution in [2.45, 2.75) is 71.1 Å². The van der Waals surface area contributed by atoms with Crippen LogP contribution in [-0.4, -0.2) is 4.98 Å². The van der Waals surface area contributed by atoms with Gasteiger partial charge in [0.1, 0.15) is 4.60 Å². The standard InChI is InChI=1S/C16H24BrN/c1-13-12-14-10-8-6-4-2-3-5-7-9-11-15(13)18-16(14)17/h12H,2-11H2,1H3. The van der Waals surface area contributed by atoms with Gasteiger partial charge in [-0.05, 0) is 59.7 Å². The summed E-state index contributed by atoms with van der Waals surface area (Å²) < 4.78 is 1.08. The highest BCUT2D eigenvalue weighted by Crippen LogP contribution is 2.23. The zero-order valence-corrected chi connectivity index (χ0v) is 13.1. The molecule has 2 heteroatoms. The van der Waals surface area contributed by atoms with Crippen LogP contribution in [0.2, 0.25) is 0 Å². The number of hydrogen-bond acceptors (Lipinski definition) is 1. The number of pyridine rings is 1. The lowest BCUT2D eigenvalue weighted by Crippen LogP contribution is -2.00. The number of fused-ring (bicyclic) bond motifs is 11. The second-order valence-electron chi connectivity index (χ2n) is 5.53. The molecule has 0 atom stereocenters. The van der Waals surface area contributed by atoms with Crippen LogP contribution in [0.1, 0.15) is 68.2 Å². The van der Waals surface area contributed by atoms with Crippen molar-refractivity contribution >= 4 is 15.9 Å². The van der Waals surface area contributed by atoms with Gasteiger partial charge in [-0.25, -0.2) is 4.98 Å². The number of rotatable bonds is 0. The first-order valence-electron chi connectivity index (χ1n) is 7.42. The van der Waals surface area contributed by atoms with Gasteiger partial charge >= 0.3 is 0 Å². The van der Waals surface area contributed by atoms with E-state index in [4.69, 9.17) is 4.98 Å². The molecule has 0 saturated heterocycles. The van der Waals surface area contributed by atoms with Crippen LogP contribution in [0.4, 0.5) is 0 Å². The van der Waals surface area contributed by atoms with E-state index in [0.717, 1.165) is 11.0 Å².